The zero-order valence-electron chi connectivity index (χ0n) is 16.1. The van der Waals surface area contributed by atoms with Crippen molar-refractivity contribution in [1.29, 1.82) is 0 Å². The quantitative estimate of drug-likeness (QED) is 0.590. The molecule has 0 aliphatic rings. The maximum atomic E-state index is 13.3. The Kier molecular flexibility index (Phi) is 8.21. The minimum absolute atomic E-state index is 0.0495. The van der Waals surface area contributed by atoms with Crippen LogP contribution in [0.15, 0.2) is 54.6 Å². The van der Waals surface area contributed by atoms with Crippen LogP contribution in [0.25, 0.3) is 0 Å². The molecule has 0 fully saturated rings. The van der Waals surface area contributed by atoms with Crippen LogP contribution < -0.4 is 16.0 Å². The standard InChI is InChI=1S/C21H24F3N3O2/c1-2-6-18(28)27-17-11-9-15(10-12-17)13-25-19(29)14-26-20(21(22,23)24)16-7-4-3-5-8-16/h3-5,7-12,20,26H,2,6,13-14H2,1H3,(H,25,29)(H,27,28). The molecule has 156 valence electrons. The number of alkyl halides is 3. The summed E-state index contributed by atoms with van der Waals surface area (Å²) in [6.07, 6.45) is -3.32. The fourth-order valence-electron chi connectivity index (χ4n) is 2.68. The van der Waals surface area contributed by atoms with Crippen LogP contribution in [-0.2, 0) is 16.1 Å². The molecule has 5 nitrogen and oxygen atoms in total. The number of benzene rings is 2. The minimum Gasteiger partial charge on any atom is -0.351 e. The molecule has 2 aromatic rings. The van der Waals surface area contributed by atoms with E-state index in [1.165, 1.54) is 24.3 Å². The largest absolute Gasteiger partial charge is 0.407 e. The van der Waals surface area contributed by atoms with Crippen molar-refractivity contribution in [2.45, 2.75) is 38.5 Å². The van der Waals surface area contributed by atoms with Gasteiger partial charge in [0.25, 0.3) is 0 Å². The molecule has 0 saturated carbocycles. The van der Waals surface area contributed by atoms with Gasteiger partial charge in [0.15, 0.2) is 0 Å². The van der Waals surface area contributed by atoms with Crippen molar-refractivity contribution in [3.63, 3.8) is 0 Å². The van der Waals surface area contributed by atoms with E-state index in [-0.39, 0.29) is 18.0 Å². The summed E-state index contributed by atoms with van der Waals surface area (Å²) >= 11 is 0. The lowest BCUT2D eigenvalue weighted by atomic mass is 10.1. The molecule has 2 amide bonds. The third kappa shape index (κ3) is 7.57. The summed E-state index contributed by atoms with van der Waals surface area (Å²) in [7, 11) is 0. The number of halogens is 3. The predicted molar refractivity (Wildman–Crippen MR) is 105 cm³/mol. The summed E-state index contributed by atoms with van der Waals surface area (Å²) in [6.45, 7) is 1.62. The van der Waals surface area contributed by atoms with Crippen molar-refractivity contribution in [2.75, 3.05) is 11.9 Å². The molecule has 3 N–H and O–H groups in total. The lowest BCUT2D eigenvalue weighted by Crippen LogP contribution is -2.40. The molecule has 0 aliphatic heterocycles. The van der Waals surface area contributed by atoms with E-state index in [0.717, 1.165) is 12.0 Å². The van der Waals surface area contributed by atoms with Gasteiger partial charge in [0, 0.05) is 18.7 Å². The van der Waals surface area contributed by atoms with E-state index in [1.54, 1.807) is 30.3 Å². The minimum atomic E-state index is -4.51. The van der Waals surface area contributed by atoms with Crippen LogP contribution in [0.3, 0.4) is 0 Å². The van der Waals surface area contributed by atoms with Crippen LogP contribution in [-0.4, -0.2) is 24.5 Å². The number of anilines is 1. The molecule has 0 aromatic heterocycles. The Morgan fingerprint density at radius 3 is 2.21 bits per heavy atom. The van der Waals surface area contributed by atoms with Crippen LogP contribution in [0.1, 0.15) is 36.9 Å². The number of nitrogens with one attached hydrogen (secondary N) is 3. The summed E-state index contributed by atoms with van der Waals surface area (Å²) < 4.78 is 39.8. The van der Waals surface area contributed by atoms with E-state index in [1.807, 2.05) is 6.92 Å². The van der Waals surface area contributed by atoms with Crippen molar-refractivity contribution >= 4 is 17.5 Å². The predicted octanol–water partition coefficient (Wildman–Crippen LogP) is 3.93. The van der Waals surface area contributed by atoms with Crippen LogP contribution in [0.5, 0.6) is 0 Å². The third-order valence-electron chi connectivity index (χ3n) is 4.13. The van der Waals surface area contributed by atoms with Gasteiger partial charge in [-0.2, -0.15) is 13.2 Å². The molecule has 0 radical (unpaired) electrons. The Morgan fingerprint density at radius 2 is 1.62 bits per heavy atom. The molecule has 2 aromatic carbocycles. The highest BCUT2D eigenvalue weighted by atomic mass is 19.4. The van der Waals surface area contributed by atoms with Crippen LogP contribution in [0.2, 0.25) is 0 Å². The van der Waals surface area contributed by atoms with E-state index in [0.29, 0.717) is 12.1 Å². The van der Waals surface area contributed by atoms with Crippen molar-refractivity contribution in [3.8, 4) is 0 Å². The fourth-order valence-corrected chi connectivity index (χ4v) is 2.68. The molecule has 1 atom stereocenters. The molecule has 0 bridgehead atoms. The SMILES string of the molecule is CCCC(=O)Nc1ccc(CNC(=O)CNC(c2ccccc2)C(F)(F)F)cc1. The lowest BCUT2D eigenvalue weighted by molar-refractivity contribution is -0.158. The van der Waals surface area contributed by atoms with Gasteiger partial charge in [-0.25, -0.2) is 0 Å². The number of carbonyl (C=O) groups excluding carboxylic acids is 2. The Morgan fingerprint density at radius 1 is 0.966 bits per heavy atom. The molecule has 8 heteroatoms. The maximum Gasteiger partial charge on any atom is 0.407 e. The molecule has 0 spiro atoms. The number of hydrogen-bond donors (Lipinski definition) is 3. The van der Waals surface area contributed by atoms with Crippen LogP contribution in [0, 0.1) is 0 Å². The lowest BCUT2D eigenvalue weighted by Gasteiger charge is -2.22. The molecule has 1 unspecified atom stereocenters. The highest BCUT2D eigenvalue weighted by molar-refractivity contribution is 5.90. The zero-order valence-corrected chi connectivity index (χ0v) is 16.1. The second-order valence-electron chi connectivity index (χ2n) is 6.54. The van der Waals surface area contributed by atoms with Crippen LogP contribution in [0.4, 0.5) is 18.9 Å². The van der Waals surface area contributed by atoms with E-state index in [9.17, 15) is 22.8 Å². The van der Waals surface area contributed by atoms with Crippen molar-refractivity contribution in [3.05, 3.63) is 65.7 Å². The number of carbonyl (C=O) groups is 2. The van der Waals surface area contributed by atoms with Gasteiger partial charge < -0.3 is 10.6 Å². The molecule has 29 heavy (non-hydrogen) atoms. The number of rotatable bonds is 9. The Labute approximate surface area is 167 Å². The van der Waals surface area contributed by atoms with E-state index < -0.39 is 24.7 Å². The zero-order chi connectivity index (χ0) is 21.3. The molecule has 2 rings (SSSR count). The summed E-state index contributed by atoms with van der Waals surface area (Å²) in [4.78, 5) is 23.5. The second kappa shape index (κ2) is 10.6. The first-order valence-corrected chi connectivity index (χ1v) is 9.30. The van der Waals surface area contributed by atoms with Gasteiger partial charge in [-0.1, -0.05) is 49.4 Å². The average molecular weight is 407 g/mol. The first kappa shape index (κ1) is 22.4. The van der Waals surface area contributed by atoms with Gasteiger partial charge in [0.05, 0.1) is 6.54 Å². The van der Waals surface area contributed by atoms with Gasteiger partial charge in [-0.05, 0) is 29.7 Å². The van der Waals surface area contributed by atoms with Gasteiger partial charge in [0.2, 0.25) is 11.8 Å². The van der Waals surface area contributed by atoms with Gasteiger partial charge in [-0.15, -0.1) is 0 Å². The molecular formula is C21H24F3N3O2. The second-order valence-corrected chi connectivity index (χ2v) is 6.54. The van der Waals surface area contributed by atoms with Crippen LogP contribution >= 0.6 is 0 Å². The molecule has 0 aliphatic carbocycles. The van der Waals surface area contributed by atoms with Crippen molar-refractivity contribution in [1.82, 2.24) is 10.6 Å². The molecule has 0 heterocycles. The highest BCUT2D eigenvalue weighted by Crippen LogP contribution is 2.32. The summed E-state index contributed by atoms with van der Waals surface area (Å²) in [6, 6.07) is 12.4. The topological polar surface area (TPSA) is 70.2 Å². The molecule has 0 saturated heterocycles. The Bertz CT molecular complexity index is 793. The van der Waals surface area contributed by atoms with E-state index in [2.05, 4.69) is 16.0 Å². The summed E-state index contributed by atoms with van der Waals surface area (Å²) in [5.41, 5.74) is 1.46. The Hall–Kier alpha value is -2.87. The van der Waals surface area contributed by atoms with E-state index in [4.69, 9.17) is 0 Å². The summed E-state index contributed by atoms with van der Waals surface area (Å²) in [5, 5.41) is 7.61. The first-order chi connectivity index (χ1) is 13.8. The number of amides is 2. The van der Waals surface area contributed by atoms with Gasteiger partial charge in [-0.3, -0.25) is 14.9 Å². The van der Waals surface area contributed by atoms with E-state index >= 15 is 0 Å². The average Bonchev–Trinajstić information content (AvgIpc) is 2.67. The van der Waals surface area contributed by atoms with Crippen molar-refractivity contribution in [2.24, 2.45) is 0 Å². The third-order valence-corrected chi connectivity index (χ3v) is 4.13. The smallest absolute Gasteiger partial charge is 0.351 e. The van der Waals surface area contributed by atoms with Gasteiger partial charge in [0.1, 0.15) is 6.04 Å². The van der Waals surface area contributed by atoms with Crippen molar-refractivity contribution < 1.29 is 22.8 Å². The number of hydrogen-bond acceptors (Lipinski definition) is 3. The first-order valence-electron chi connectivity index (χ1n) is 9.30. The summed E-state index contributed by atoms with van der Waals surface area (Å²) in [5.74, 6) is -0.618. The Balaban J connectivity index is 1.83. The fraction of sp³-hybridized carbons (Fsp3) is 0.333. The van der Waals surface area contributed by atoms with Gasteiger partial charge >= 0.3 is 6.18 Å². The molecular weight excluding hydrogens is 383 g/mol. The monoisotopic (exact) mass is 407 g/mol. The maximum absolute atomic E-state index is 13.3. The normalized spacial score (nSPS) is 12.3. The highest BCUT2D eigenvalue weighted by Gasteiger charge is 2.40.